The van der Waals surface area contributed by atoms with Crippen LogP contribution in [0.25, 0.3) is 16.8 Å². The van der Waals surface area contributed by atoms with Crippen LogP contribution in [0.2, 0.25) is 5.02 Å². The van der Waals surface area contributed by atoms with Crippen LogP contribution in [0, 0.1) is 0 Å². The molecule has 162 valence electrons. The van der Waals surface area contributed by atoms with E-state index in [4.69, 9.17) is 26.2 Å². The third kappa shape index (κ3) is 3.55. The molecule has 6 nitrogen and oxygen atoms in total. The Bertz CT molecular complexity index is 1310. The van der Waals surface area contributed by atoms with Crippen LogP contribution in [0.5, 0.6) is 5.75 Å². The zero-order valence-corrected chi connectivity index (χ0v) is 18.6. The van der Waals surface area contributed by atoms with Gasteiger partial charge in [0.05, 0.1) is 36.2 Å². The second kappa shape index (κ2) is 8.37. The molecular formula is C25H22ClN3O3. The summed E-state index contributed by atoms with van der Waals surface area (Å²) >= 11 is 6.21. The molecule has 0 bridgehead atoms. The van der Waals surface area contributed by atoms with Gasteiger partial charge in [0.2, 0.25) is 0 Å². The second-order valence-electron chi connectivity index (χ2n) is 7.92. The number of halogens is 1. The van der Waals surface area contributed by atoms with Crippen LogP contribution in [-0.2, 0) is 17.8 Å². The van der Waals surface area contributed by atoms with E-state index in [0.717, 1.165) is 33.8 Å². The van der Waals surface area contributed by atoms with Crippen LogP contribution >= 0.6 is 11.6 Å². The molecule has 0 aliphatic heterocycles. The minimum absolute atomic E-state index is 0.0406. The Kier molecular flexibility index (Phi) is 5.41. The molecule has 1 atom stereocenters. The Balaban J connectivity index is 1.66. The maximum absolute atomic E-state index is 13.0. The molecule has 2 aromatic carbocycles. The van der Waals surface area contributed by atoms with Crippen LogP contribution in [0.4, 0.5) is 0 Å². The second-order valence-corrected chi connectivity index (χ2v) is 8.36. The molecule has 1 aliphatic rings. The average molecular weight is 448 g/mol. The van der Waals surface area contributed by atoms with E-state index in [0.29, 0.717) is 35.7 Å². The van der Waals surface area contributed by atoms with Gasteiger partial charge in [-0.2, -0.15) is 5.10 Å². The number of aromatic nitrogens is 3. The lowest BCUT2D eigenvalue weighted by molar-refractivity contribution is 0.0962. The third-order valence-corrected chi connectivity index (χ3v) is 6.20. The van der Waals surface area contributed by atoms with Gasteiger partial charge < -0.3 is 9.47 Å². The molecule has 2 heterocycles. The van der Waals surface area contributed by atoms with Gasteiger partial charge in [-0.3, -0.25) is 4.79 Å². The van der Waals surface area contributed by atoms with E-state index in [9.17, 15) is 4.79 Å². The average Bonchev–Trinajstić information content (AvgIpc) is 3.18. The van der Waals surface area contributed by atoms with Crippen molar-refractivity contribution in [1.29, 1.82) is 0 Å². The molecule has 0 saturated heterocycles. The number of benzene rings is 2. The zero-order chi connectivity index (χ0) is 22.2. The van der Waals surface area contributed by atoms with E-state index >= 15 is 0 Å². The first-order valence-electron chi connectivity index (χ1n) is 10.4. The van der Waals surface area contributed by atoms with Crippen molar-refractivity contribution in [1.82, 2.24) is 14.6 Å². The summed E-state index contributed by atoms with van der Waals surface area (Å²) in [5, 5.41) is 5.50. The number of carbonyl (C=O) groups excluding carboxylic acids is 1. The first kappa shape index (κ1) is 20.7. The van der Waals surface area contributed by atoms with E-state index in [1.165, 1.54) is 0 Å². The molecule has 7 heteroatoms. The Hall–Kier alpha value is -3.22. The lowest BCUT2D eigenvalue weighted by Gasteiger charge is -2.24. The summed E-state index contributed by atoms with van der Waals surface area (Å²) in [5.74, 6) is 0.887. The Labute approximate surface area is 190 Å². The lowest BCUT2D eigenvalue weighted by atomic mass is 9.82. The highest BCUT2D eigenvalue weighted by atomic mass is 35.5. The fourth-order valence-electron chi connectivity index (χ4n) is 4.43. The number of rotatable bonds is 5. The van der Waals surface area contributed by atoms with Gasteiger partial charge in [0, 0.05) is 24.8 Å². The number of methoxy groups -OCH3 is 2. The summed E-state index contributed by atoms with van der Waals surface area (Å²) in [4.78, 5) is 17.7. The Morgan fingerprint density at radius 2 is 1.94 bits per heavy atom. The minimum atomic E-state index is 0.0406. The number of ketones is 1. The highest BCUT2D eigenvalue weighted by Crippen LogP contribution is 2.36. The lowest BCUT2D eigenvalue weighted by Crippen LogP contribution is -2.22. The van der Waals surface area contributed by atoms with Crippen LogP contribution in [-0.4, -0.2) is 34.6 Å². The van der Waals surface area contributed by atoms with E-state index < -0.39 is 0 Å². The minimum Gasteiger partial charge on any atom is -0.497 e. The normalized spacial score (nSPS) is 15.7. The molecule has 0 amide bonds. The van der Waals surface area contributed by atoms with Gasteiger partial charge in [-0.05, 0) is 47.7 Å². The number of fused-ring (bicyclic) bond motifs is 3. The quantitative estimate of drug-likeness (QED) is 0.425. The summed E-state index contributed by atoms with van der Waals surface area (Å²) in [6, 6.07) is 15.5. The Morgan fingerprint density at radius 1 is 1.12 bits per heavy atom. The summed E-state index contributed by atoms with van der Waals surface area (Å²) in [6.45, 7) is 0.338. The molecule has 32 heavy (non-hydrogen) atoms. The highest BCUT2D eigenvalue weighted by Gasteiger charge is 2.30. The smallest absolute Gasteiger partial charge is 0.166 e. The van der Waals surface area contributed by atoms with Gasteiger partial charge in [-0.1, -0.05) is 35.9 Å². The van der Waals surface area contributed by atoms with Crippen molar-refractivity contribution in [3.63, 3.8) is 0 Å². The standard InChI is InChI=1S/C25H22ClN3O3/c1-31-14-21-24(15-6-8-19(32-2)9-7-15)25-27-13-20-22(29(25)28-21)11-17(12-23(20)30)16-4-3-5-18(26)10-16/h3-10,13,17H,11-12,14H2,1-2H3/t17-/m1/s1. The molecule has 0 saturated carbocycles. The summed E-state index contributed by atoms with van der Waals surface area (Å²) in [6.07, 6.45) is 2.79. The van der Waals surface area contributed by atoms with Crippen LogP contribution < -0.4 is 4.74 Å². The number of hydrogen-bond donors (Lipinski definition) is 0. The number of carbonyl (C=O) groups is 1. The first-order valence-corrected chi connectivity index (χ1v) is 10.8. The number of Topliss-reactive ketones (excluding diaryl/α,β-unsaturated/α-hetero) is 1. The SMILES string of the molecule is COCc1nn2c3c(cnc2c1-c1ccc(OC)cc1)C(=O)C[C@H](c1cccc(Cl)c1)C3. The van der Waals surface area contributed by atoms with E-state index in [-0.39, 0.29) is 11.7 Å². The zero-order valence-electron chi connectivity index (χ0n) is 17.8. The third-order valence-electron chi connectivity index (χ3n) is 5.97. The molecule has 0 fully saturated rings. The summed E-state index contributed by atoms with van der Waals surface area (Å²) in [5.41, 5.74) is 5.90. The van der Waals surface area contributed by atoms with Crippen molar-refractivity contribution in [3.05, 3.63) is 82.3 Å². The van der Waals surface area contributed by atoms with E-state index in [1.54, 1.807) is 20.4 Å². The molecule has 2 aromatic heterocycles. The number of nitrogens with zero attached hydrogens (tertiary/aromatic N) is 3. The van der Waals surface area contributed by atoms with Crippen molar-refractivity contribution < 1.29 is 14.3 Å². The van der Waals surface area contributed by atoms with Crippen molar-refractivity contribution in [3.8, 4) is 16.9 Å². The molecule has 0 radical (unpaired) electrons. The van der Waals surface area contributed by atoms with Crippen molar-refractivity contribution in [2.75, 3.05) is 14.2 Å². The molecular weight excluding hydrogens is 426 g/mol. The summed E-state index contributed by atoms with van der Waals surface area (Å²) in [7, 11) is 3.28. The predicted molar refractivity (Wildman–Crippen MR) is 123 cm³/mol. The molecule has 5 rings (SSSR count). The van der Waals surface area contributed by atoms with E-state index in [2.05, 4.69) is 4.98 Å². The highest BCUT2D eigenvalue weighted by molar-refractivity contribution is 6.30. The van der Waals surface area contributed by atoms with Gasteiger partial charge in [0.1, 0.15) is 5.75 Å². The van der Waals surface area contributed by atoms with Crippen LogP contribution in [0.15, 0.2) is 54.7 Å². The van der Waals surface area contributed by atoms with Gasteiger partial charge in [0.25, 0.3) is 0 Å². The van der Waals surface area contributed by atoms with Gasteiger partial charge in [-0.15, -0.1) is 0 Å². The number of ether oxygens (including phenoxy) is 2. The molecule has 1 aliphatic carbocycles. The Morgan fingerprint density at radius 3 is 2.66 bits per heavy atom. The van der Waals surface area contributed by atoms with Crippen molar-refractivity contribution >= 4 is 23.0 Å². The first-order chi connectivity index (χ1) is 15.6. The van der Waals surface area contributed by atoms with Crippen molar-refractivity contribution in [2.45, 2.75) is 25.4 Å². The maximum atomic E-state index is 13.0. The van der Waals surface area contributed by atoms with Crippen molar-refractivity contribution in [2.24, 2.45) is 0 Å². The maximum Gasteiger partial charge on any atom is 0.166 e. The predicted octanol–water partition coefficient (Wildman–Crippen LogP) is 5.12. The molecule has 4 aromatic rings. The van der Waals surface area contributed by atoms with Gasteiger partial charge in [-0.25, -0.2) is 9.50 Å². The van der Waals surface area contributed by atoms with Crippen LogP contribution in [0.1, 0.15) is 39.6 Å². The van der Waals surface area contributed by atoms with Crippen LogP contribution in [0.3, 0.4) is 0 Å². The molecule has 0 N–H and O–H groups in total. The van der Waals surface area contributed by atoms with E-state index in [1.807, 2.05) is 53.0 Å². The fraction of sp³-hybridized carbons (Fsp3) is 0.240. The monoisotopic (exact) mass is 447 g/mol. The molecule has 0 spiro atoms. The molecule has 0 unspecified atom stereocenters. The largest absolute Gasteiger partial charge is 0.497 e. The van der Waals surface area contributed by atoms with Gasteiger partial charge in [0.15, 0.2) is 11.4 Å². The summed E-state index contributed by atoms with van der Waals surface area (Å²) < 4.78 is 12.5. The number of hydrogen-bond acceptors (Lipinski definition) is 5. The fourth-order valence-corrected chi connectivity index (χ4v) is 4.63. The van der Waals surface area contributed by atoms with Gasteiger partial charge >= 0.3 is 0 Å². The topological polar surface area (TPSA) is 65.7 Å².